The van der Waals surface area contributed by atoms with Crippen molar-refractivity contribution in [2.75, 3.05) is 56.8 Å². The lowest BCUT2D eigenvalue weighted by Crippen LogP contribution is -2.37. The molecule has 0 spiro atoms. The fourth-order valence-corrected chi connectivity index (χ4v) is 3.75. The first-order chi connectivity index (χ1) is 15.1. The molecule has 0 amide bonds. The molecule has 0 radical (unpaired) electrons. The van der Waals surface area contributed by atoms with E-state index in [2.05, 4.69) is 10.2 Å². The third-order valence-electron chi connectivity index (χ3n) is 4.92. The second-order valence-corrected chi connectivity index (χ2v) is 7.35. The number of carbonyl (C=O) groups excluding carboxylic acids is 1. The molecule has 1 aliphatic heterocycles. The highest BCUT2D eigenvalue weighted by atomic mass is 35.5. The van der Waals surface area contributed by atoms with Crippen molar-refractivity contribution in [1.82, 2.24) is 0 Å². The Kier molecular flexibility index (Phi) is 8.26. The van der Waals surface area contributed by atoms with Crippen molar-refractivity contribution in [2.45, 2.75) is 20.4 Å². The van der Waals surface area contributed by atoms with Gasteiger partial charge in [-0.1, -0.05) is 11.6 Å². The van der Waals surface area contributed by atoms with Crippen LogP contribution in [0.15, 0.2) is 30.3 Å². The maximum absolute atomic E-state index is 12.6. The van der Waals surface area contributed by atoms with Gasteiger partial charge in [0.2, 0.25) is 0 Å². The molecule has 0 aliphatic carbocycles. The molecule has 31 heavy (non-hydrogen) atoms. The van der Waals surface area contributed by atoms with Crippen LogP contribution in [-0.4, -0.2) is 52.6 Å². The van der Waals surface area contributed by atoms with E-state index in [1.807, 2.05) is 37.3 Å². The van der Waals surface area contributed by atoms with Crippen LogP contribution in [0.25, 0.3) is 0 Å². The van der Waals surface area contributed by atoms with Gasteiger partial charge in [-0.25, -0.2) is 4.79 Å². The van der Waals surface area contributed by atoms with E-state index in [9.17, 15) is 4.79 Å². The summed E-state index contributed by atoms with van der Waals surface area (Å²) in [5.41, 5.74) is 3.14. The Labute approximate surface area is 188 Å². The lowest BCUT2D eigenvalue weighted by Gasteiger charge is -2.30. The summed E-state index contributed by atoms with van der Waals surface area (Å²) in [6, 6.07) is 9.47. The monoisotopic (exact) mass is 448 g/mol. The summed E-state index contributed by atoms with van der Waals surface area (Å²) in [6.07, 6.45) is 0. The van der Waals surface area contributed by atoms with Crippen LogP contribution < -0.4 is 19.7 Å². The zero-order chi connectivity index (χ0) is 22.2. The SMILES string of the molecule is CCOC(=O)c1cc(NCc2cc(Cl)c(OCC)c(OC)c2)ccc1N1CCOCC1. The zero-order valence-electron chi connectivity index (χ0n) is 18.2. The summed E-state index contributed by atoms with van der Waals surface area (Å²) in [7, 11) is 1.58. The van der Waals surface area contributed by atoms with Crippen LogP contribution in [0.3, 0.4) is 0 Å². The van der Waals surface area contributed by atoms with E-state index in [4.69, 9.17) is 30.5 Å². The van der Waals surface area contributed by atoms with Gasteiger partial charge in [0.25, 0.3) is 0 Å². The van der Waals surface area contributed by atoms with Gasteiger partial charge in [-0.2, -0.15) is 0 Å². The van der Waals surface area contributed by atoms with Gasteiger partial charge < -0.3 is 29.2 Å². The van der Waals surface area contributed by atoms with Crippen molar-refractivity contribution in [1.29, 1.82) is 0 Å². The molecule has 2 aromatic carbocycles. The van der Waals surface area contributed by atoms with Gasteiger partial charge >= 0.3 is 5.97 Å². The van der Waals surface area contributed by atoms with E-state index < -0.39 is 0 Å². The van der Waals surface area contributed by atoms with E-state index in [0.29, 0.717) is 55.1 Å². The molecule has 1 heterocycles. The molecular formula is C23H29ClN2O5. The number of nitrogens with one attached hydrogen (secondary N) is 1. The minimum Gasteiger partial charge on any atom is -0.493 e. The lowest BCUT2D eigenvalue weighted by atomic mass is 10.1. The van der Waals surface area contributed by atoms with Gasteiger partial charge in [-0.05, 0) is 49.7 Å². The van der Waals surface area contributed by atoms with E-state index in [-0.39, 0.29) is 5.97 Å². The summed E-state index contributed by atoms with van der Waals surface area (Å²) < 4.78 is 21.7. The maximum atomic E-state index is 12.6. The first kappa shape index (κ1) is 23.0. The van der Waals surface area contributed by atoms with Crippen molar-refractivity contribution in [3.8, 4) is 11.5 Å². The van der Waals surface area contributed by atoms with Crippen LogP contribution in [0, 0.1) is 0 Å². The first-order valence-corrected chi connectivity index (χ1v) is 10.8. The van der Waals surface area contributed by atoms with Crippen LogP contribution in [0.2, 0.25) is 5.02 Å². The second-order valence-electron chi connectivity index (χ2n) is 6.95. The number of benzene rings is 2. The predicted octanol–water partition coefficient (Wildman–Crippen LogP) is 4.37. The highest BCUT2D eigenvalue weighted by Crippen LogP contribution is 2.36. The summed E-state index contributed by atoms with van der Waals surface area (Å²) in [5.74, 6) is 0.786. The Morgan fingerprint density at radius 3 is 2.61 bits per heavy atom. The molecule has 8 heteroatoms. The number of hydrogen-bond donors (Lipinski definition) is 1. The quantitative estimate of drug-likeness (QED) is 0.571. The predicted molar refractivity (Wildman–Crippen MR) is 122 cm³/mol. The largest absolute Gasteiger partial charge is 0.493 e. The number of ether oxygens (including phenoxy) is 4. The molecule has 1 fully saturated rings. The number of halogens is 1. The number of anilines is 2. The molecule has 1 N–H and O–H groups in total. The fourth-order valence-electron chi connectivity index (χ4n) is 3.46. The van der Waals surface area contributed by atoms with Crippen molar-refractivity contribution in [2.24, 2.45) is 0 Å². The van der Waals surface area contributed by atoms with E-state index >= 15 is 0 Å². The molecule has 0 bridgehead atoms. The molecule has 3 rings (SSSR count). The minimum absolute atomic E-state index is 0.323. The van der Waals surface area contributed by atoms with Crippen molar-refractivity contribution in [3.63, 3.8) is 0 Å². The second kappa shape index (κ2) is 11.1. The smallest absolute Gasteiger partial charge is 0.340 e. The third-order valence-corrected chi connectivity index (χ3v) is 5.20. The Bertz CT molecular complexity index is 900. The van der Waals surface area contributed by atoms with Gasteiger partial charge in [0, 0.05) is 25.3 Å². The van der Waals surface area contributed by atoms with Gasteiger partial charge in [0.1, 0.15) is 0 Å². The highest BCUT2D eigenvalue weighted by Gasteiger charge is 2.20. The number of hydrogen-bond acceptors (Lipinski definition) is 7. The van der Waals surface area contributed by atoms with Crippen molar-refractivity contribution < 1.29 is 23.7 Å². The molecular weight excluding hydrogens is 420 g/mol. The molecule has 1 saturated heterocycles. The lowest BCUT2D eigenvalue weighted by molar-refractivity contribution is 0.0526. The fraction of sp³-hybridized carbons (Fsp3) is 0.435. The molecule has 7 nitrogen and oxygen atoms in total. The Hall–Kier alpha value is -2.64. The zero-order valence-corrected chi connectivity index (χ0v) is 19.0. The number of nitrogens with zero attached hydrogens (tertiary/aromatic N) is 1. The van der Waals surface area contributed by atoms with E-state index in [1.165, 1.54) is 0 Å². The number of carbonyl (C=O) groups is 1. The molecule has 1 aliphatic rings. The standard InChI is InChI=1S/C23H29ClN2O5/c1-4-30-22-19(24)12-16(13-21(22)28-3)15-25-17-6-7-20(26-8-10-29-11-9-26)18(14-17)23(27)31-5-2/h6-7,12-14,25H,4-5,8-11,15H2,1-3H3. The molecule has 0 atom stereocenters. The Morgan fingerprint density at radius 2 is 1.94 bits per heavy atom. The van der Waals surface area contributed by atoms with Crippen LogP contribution >= 0.6 is 11.6 Å². The number of esters is 1. The van der Waals surface area contributed by atoms with E-state index in [0.717, 1.165) is 30.0 Å². The van der Waals surface area contributed by atoms with Crippen LogP contribution in [0.1, 0.15) is 29.8 Å². The molecule has 0 unspecified atom stereocenters. The van der Waals surface area contributed by atoms with E-state index in [1.54, 1.807) is 14.0 Å². The minimum atomic E-state index is -0.335. The number of methoxy groups -OCH3 is 1. The normalized spacial score (nSPS) is 13.6. The Balaban J connectivity index is 1.81. The van der Waals surface area contributed by atoms with Crippen LogP contribution in [0.5, 0.6) is 11.5 Å². The van der Waals surface area contributed by atoms with Gasteiger partial charge in [0.05, 0.1) is 49.8 Å². The maximum Gasteiger partial charge on any atom is 0.340 e. The summed E-state index contributed by atoms with van der Waals surface area (Å²) in [5, 5.41) is 3.85. The third kappa shape index (κ3) is 5.74. The van der Waals surface area contributed by atoms with Crippen LogP contribution in [0.4, 0.5) is 11.4 Å². The average Bonchev–Trinajstić information content (AvgIpc) is 2.79. The van der Waals surface area contributed by atoms with Crippen molar-refractivity contribution >= 4 is 28.9 Å². The highest BCUT2D eigenvalue weighted by molar-refractivity contribution is 6.32. The van der Waals surface area contributed by atoms with Gasteiger partial charge in [-0.15, -0.1) is 0 Å². The van der Waals surface area contributed by atoms with Gasteiger partial charge in [0.15, 0.2) is 11.5 Å². The number of rotatable bonds is 9. The Morgan fingerprint density at radius 1 is 1.16 bits per heavy atom. The molecule has 0 aromatic heterocycles. The summed E-state index contributed by atoms with van der Waals surface area (Å²) >= 11 is 6.37. The molecule has 0 saturated carbocycles. The summed E-state index contributed by atoms with van der Waals surface area (Å²) in [6.45, 7) is 7.79. The molecule has 2 aromatic rings. The first-order valence-electron chi connectivity index (χ1n) is 10.4. The van der Waals surface area contributed by atoms with Crippen molar-refractivity contribution in [3.05, 3.63) is 46.5 Å². The number of morpholine rings is 1. The summed E-state index contributed by atoms with van der Waals surface area (Å²) in [4.78, 5) is 14.8. The average molecular weight is 449 g/mol. The topological polar surface area (TPSA) is 69.3 Å². The van der Waals surface area contributed by atoms with Gasteiger partial charge in [-0.3, -0.25) is 0 Å². The van der Waals surface area contributed by atoms with Crippen LogP contribution in [-0.2, 0) is 16.0 Å². The molecule has 168 valence electrons.